The molecule has 7 heteroatoms. The molecule has 1 unspecified atom stereocenters. The van der Waals surface area contributed by atoms with Gasteiger partial charge in [0.1, 0.15) is 18.5 Å². The second-order valence-electron chi connectivity index (χ2n) is 6.73. The van der Waals surface area contributed by atoms with Crippen molar-refractivity contribution in [2.24, 2.45) is 0 Å². The van der Waals surface area contributed by atoms with Gasteiger partial charge in [-0.1, -0.05) is 13.0 Å². The van der Waals surface area contributed by atoms with E-state index in [-0.39, 0.29) is 19.4 Å². The Labute approximate surface area is 170 Å². The molecular formula is C22H27NO6. The normalized spacial score (nSPS) is 13.4. The number of carbonyl (C=O) groups excluding carboxylic acids is 1. The van der Waals surface area contributed by atoms with Crippen molar-refractivity contribution in [2.45, 2.75) is 26.5 Å². The second kappa shape index (κ2) is 10.1. The molecule has 3 rings (SSSR count). The van der Waals surface area contributed by atoms with Crippen LogP contribution in [0.1, 0.15) is 29.8 Å². The van der Waals surface area contributed by atoms with Crippen molar-refractivity contribution in [3.63, 3.8) is 0 Å². The summed E-state index contributed by atoms with van der Waals surface area (Å²) in [5.41, 5.74) is 1.57. The molecule has 1 heterocycles. The number of benzene rings is 2. The van der Waals surface area contributed by atoms with E-state index < -0.39 is 6.10 Å². The molecule has 1 aliphatic heterocycles. The van der Waals surface area contributed by atoms with Gasteiger partial charge in [-0.05, 0) is 55.4 Å². The van der Waals surface area contributed by atoms with Crippen LogP contribution in [0.2, 0.25) is 0 Å². The van der Waals surface area contributed by atoms with Gasteiger partial charge in [0, 0.05) is 13.1 Å². The first-order chi connectivity index (χ1) is 14.1. The van der Waals surface area contributed by atoms with Gasteiger partial charge in [0.2, 0.25) is 6.79 Å². The number of nitrogens with zero attached hydrogens (tertiary/aromatic N) is 1. The highest BCUT2D eigenvalue weighted by Gasteiger charge is 2.16. The molecule has 2 aromatic rings. The van der Waals surface area contributed by atoms with Crippen LogP contribution in [0, 0.1) is 0 Å². The SMILES string of the molecule is CCOC(=O)c1ccc(OCC(O)CN(CC)Cc2ccc3c(c2)OCO3)cc1. The van der Waals surface area contributed by atoms with Crippen LogP contribution in [0.3, 0.4) is 0 Å². The Morgan fingerprint density at radius 3 is 2.62 bits per heavy atom. The number of carbonyl (C=O) groups is 1. The molecule has 29 heavy (non-hydrogen) atoms. The van der Waals surface area contributed by atoms with Gasteiger partial charge in [-0.3, -0.25) is 4.90 Å². The molecule has 0 spiro atoms. The zero-order chi connectivity index (χ0) is 20.6. The van der Waals surface area contributed by atoms with Crippen molar-refractivity contribution in [3.8, 4) is 17.2 Å². The molecule has 0 saturated heterocycles. The average Bonchev–Trinajstić information content (AvgIpc) is 3.20. The van der Waals surface area contributed by atoms with E-state index in [0.717, 1.165) is 23.6 Å². The van der Waals surface area contributed by atoms with Gasteiger partial charge in [0.15, 0.2) is 11.5 Å². The lowest BCUT2D eigenvalue weighted by Crippen LogP contribution is -2.35. The lowest BCUT2D eigenvalue weighted by atomic mass is 10.2. The fraction of sp³-hybridized carbons (Fsp3) is 0.409. The molecular weight excluding hydrogens is 374 g/mol. The van der Waals surface area contributed by atoms with Crippen LogP contribution in [0.15, 0.2) is 42.5 Å². The molecule has 0 saturated carbocycles. The maximum Gasteiger partial charge on any atom is 0.338 e. The third kappa shape index (κ3) is 5.85. The first kappa shape index (κ1) is 21.0. The van der Waals surface area contributed by atoms with Gasteiger partial charge in [-0.2, -0.15) is 0 Å². The van der Waals surface area contributed by atoms with Crippen LogP contribution in [0.4, 0.5) is 0 Å². The predicted molar refractivity (Wildman–Crippen MR) is 107 cm³/mol. The minimum atomic E-state index is -0.645. The lowest BCUT2D eigenvalue weighted by molar-refractivity contribution is 0.0525. The third-order valence-corrected chi connectivity index (χ3v) is 4.57. The summed E-state index contributed by atoms with van der Waals surface area (Å²) in [5, 5.41) is 10.4. The van der Waals surface area contributed by atoms with Crippen LogP contribution < -0.4 is 14.2 Å². The highest BCUT2D eigenvalue weighted by molar-refractivity contribution is 5.89. The maximum absolute atomic E-state index is 11.7. The number of fused-ring (bicyclic) bond motifs is 1. The standard InChI is InChI=1S/C22H27NO6/c1-3-23(12-16-5-10-20-21(11-16)29-15-28-20)13-18(24)14-27-19-8-6-17(7-9-19)22(25)26-4-2/h5-11,18,24H,3-4,12-15H2,1-2H3. The monoisotopic (exact) mass is 401 g/mol. The minimum Gasteiger partial charge on any atom is -0.491 e. The van der Waals surface area contributed by atoms with E-state index in [0.29, 0.717) is 31.0 Å². The first-order valence-corrected chi connectivity index (χ1v) is 9.78. The summed E-state index contributed by atoms with van der Waals surface area (Å²) in [6.07, 6.45) is -0.645. The topological polar surface area (TPSA) is 77.5 Å². The van der Waals surface area contributed by atoms with Gasteiger partial charge in [0.05, 0.1) is 12.2 Å². The molecule has 1 aliphatic rings. The molecule has 2 aromatic carbocycles. The number of aliphatic hydroxyl groups is 1. The highest BCUT2D eigenvalue weighted by Crippen LogP contribution is 2.32. The summed E-state index contributed by atoms with van der Waals surface area (Å²) in [7, 11) is 0. The largest absolute Gasteiger partial charge is 0.491 e. The number of aliphatic hydroxyl groups excluding tert-OH is 1. The Bertz CT molecular complexity index is 807. The molecule has 0 bridgehead atoms. The summed E-state index contributed by atoms with van der Waals surface area (Å²) in [4.78, 5) is 13.8. The van der Waals surface area contributed by atoms with E-state index in [2.05, 4.69) is 11.8 Å². The van der Waals surface area contributed by atoms with Gasteiger partial charge in [-0.25, -0.2) is 4.79 Å². The number of ether oxygens (including phenoxy) is 4. The molecule has 0 radical (unpaired) electrons. The average molecular weight is 401 g/mol. The van der Waals surface area contributed by atoms with E-state index in [4.69, 9.17) is 18.9 Å². The van der Waals surface area contributed by atoms with Crippen molar-refractivity contribution >= 4 is 5.97 Å². The van der Waals surface area contributed by atoms with Crippen LogP contribution >= 0.6 is 0 Å². The summed E-state index contributed by atoms with van der Waals surface area (Å²) in [6.45, 7) is 6.54. The van der Waals surface area contributed by atoms with E-state index in [1.165, 1.54) is 0 Å². The Balaban J connectivity index is 1.47. The summed E-state index contributed by atoms with van der Waals surface area (Å²) >= 11 is 0. The van der Waals surface area contributed by atoms with Gasteiger partial charge >= 0.3 is 5.97 Å². The highest BCUT2D eigenvalue weighted by atomic mass is 16.7. The molecule has 1 N–H and O–H groups in total. The van der Waals surface area contributed by atoms with Crippen molar-refractivity contribution in [2.75, 3.05) is 33.1 Å². The Morgan fingerprint density at radius 2 is 1.90 bits per heavy atom. The fourth-order valence-corrected chi connectivity index (χ4v) is 3.05. The molecule has 0 amide bonds. The first-order valence-electron chi connectivity index (χ1n) is 9.78. The Kier molecular flexibility index (Phi) is 7.32. The lowest BCUT2D eigenvalue weighted by Gasteiger charge is -2.24. The molecule has 0 aliphatic carbocycles. The van der Waals surface area contributed by atoms with Gasteiger partial charge < -0.3 is 24.1 Å². The molecule has 156 valence electrons. The quantitative estimate of drug-likeness (QED) is 0.614. The minimum absolute atomic E-state index is 0.163. The zero-order valence-electron chi connectivity index (χ0n) is 16.8. The van der Waals surface area contributed by atoms with Crippen molar-refractivity contribution < 1.29 is 28.8 Å². The van der Waals surface area contributed by atoms with Crippen LogP contribution in [-0.4, -0.2) is 55.2 Å². The van der Waals surface area contributed by atoms with Crippen LogP contribution in [0.25, 0.3) is 0 Å². The molecule has 0 aromatic heterocycles. The molecule has 0 fully saturated rings. The molecule has 7 nitrogen and oxygen atoms in total. The smallest absolute Gasteiger partial charge is 0.338 e. The Hall–Kier alpha value is -2.77. The number of hydrogen-bond acceptors (Lipinski definition) is 7. The fourth-order valence-electron chi connectivity index (χ4n) is 3.05. The summed E-state index contributed by atoms with van der Waals surface area (Å²) in [6, 6.07) is 12.6. The maximum atomic E-state index is 11.7. The summed E-state index contributed by atoms with van der Waals surface area (Å²) < 4.78 is 21.4. The van der Waals surface area contributed by atoms with Crippen molar-refractivity contribution in [1.29, 1.82) is 0 Å². The van der Waals surface area contributed by atoms with E-state index >= 15 is 0 Å². The second-order valence-corrected chi connectivity index (χ2v) is 6.73. The Morgan fingerprint density at radius 1 is 1.14 bits per heavy atom. The van der Waals surface area contributed by atoms with E-state index in [9.17, 15) is 9.90 Å². The number of likely N-dealkylation sites (N-methyl/N-ethyl adjacent to an activating group) is 1. The number of rotatable bonds is 10. The van der Waals surface area contributed by atoms with Crippen LogP contribution in [-0.2, 0) is 11.3 Å². The van der Waals surface area contributed by atoms with Crippen LogP contribution in [0.5, 0.6) is 17.2 Å². The number of esters is 1. The summed E-state index contributed by atoms with van der Waals surface area (Å²) in [5.74, 6) is 1.75. The van der Waals surface area contributed by atoms with Crippen molar-refractivity contribution in [1.82, 2.24) is 4.90 Å². The number of hydrogen-bond donors (Lipinski definition) is 1. The third-order valence-electron chi connectivity index (χ3n) is 4.57. The molecule has 1 atom stereocenters. The van der Waals surface area contributed by atoms with E-state index in [1.807, 2.05) is 18.2 Å². The zero-order valence-corrected chi connectivity index (χ0v) is 16.8. The van der Waals surface area contributed by atoms with Gasteiger partial charge in [0.25, 0.3) is 0 Å². The van der Waals surface area contributed by atoms with E-state index in [1.54, 1.807) is 31.2 Å². The van der Waals surface area contributed by atoms with Gasteiger partial charge in [-0.15, -0.1) is 0 Å². The predicted octanol–water partition coefficient (Wildman–Crippen LogP) is 2.85. The van der Waals surface area contributed by atoms with Crippen molar-refractivity contribution in [3.05, 3.63) is 53.6 Å².